The molecule has 0 radical (unpaired) electrons. The van der Waals surface area contributed by atoms with E-state index < -0.39 is 0 Å². The number of nitrogens with zero attached hydrogens (tertiary/aromatic N) is 2. The number of hydrogen-bond acceptors (Lipinski definition) is 3. The van der Waals surface area contributed by atoms with Gasteiger partial charge in [0, 0.05) is 49.4 Å². The van der Waals surface area contributed by atoms with Crippen molar-refractivity contribution in [2.45, 2.75) is 38.3 Å². The smallest absolute Gasteiger partial charge is 0.120 e. The molecule has 0 bridgehead atoms. The fourth-order valence-electron chi connectivity index (χ4n) is 3.48. The average molecular weight is 295 g/mol. The van der Waals surface area contributed by atoms with Crippen molar-refractivity contribution in [3.8, 4) is 5.75 Å². The molecule has 3 rings (SSSR count). The Morgan fingerprint density at radius 3 is 2.50 bits per heavy atom. The quantitative estimate of drug-likeness (QED) is 0.928. The lowest BCUT2D eigenvalue weighted by atomic mass is 10.1. The second-order valence-electron chi connectivity index (χ2n) is 6.02. The maximum Gasteiger partial charge on any atom is 0.120 e. The van der Waals surface area contributed by atoms with Crippen LogP contribution in [0.25, 0.3) is 0 Å². The van der Waals surface area contributed by atoms with Gasteiger partial charge >= 0.3 is 0 Å². The Hall–Kier alpha value is -0.770. The maximum atomic E-state index is 9.89. The van der Waals surface area contributed by atoms with Crippen LogP contribution in [0.3, 0.4) is 0 Å². The molecule has 0 unspecified atom stereocenters. The number of aromatic hydroxyl groups is 1. The van der Waals surface area contributed by atoms with Crippen molar-refractivity contribution in [3.05, 3.63) is 28.8 Å². The topological polar surface area (TPSA) is 26.7 Å². The van der Waals surface area contributed by atoms with E-state index in [1.165, 1.54) is 25.7 Å². The lowest BCUT2D eigenvalue weighted by molar-refractivity contribution is 0.0932. The second-order valence-corrected chi connectivity index (χ2v) is 6.46. The van der Waals surface area contributed by atoms with Gasteiger partial charge in [0.1, 0.15) is 5.75 Å². The van der Waals surface area contributed by atoms with Crippen molar-refractivity contribution in [2.75, 3.05) is 26.2 Å². The monoisotopic (exact) mass is 294 g/mol. The standard InChI is InChI=1S/C16H23ClN2O/c17-14-5-6-16(20)13(11-14)12-18-7-9-19(10-8-18)15-3-1-2-4-15/h5-6,11,15,20H,1-4,7-10,12H2. The van der Waals surface area contributed by atoms with Crippen LogP contribution in [-0.2, 0) is 6.54 Å². The zero-order chi connectivity index (χ0) is 13.9. The van der Waals surface area contributed by atoms with Crippen LogP contribution in [0.2, 0.25) is 5.02 Å². The second kappa shape index (κ2) is 6.33. The Balaban J connectivity index is 1.54. The van der Waals surface area contributed by atoms with Gasteiger partial charge in [-0.15, -0.1) is 0 Å². The molecule has 0 aromatic heterocycles. The van der Waals surface area contributed by atoms with E-state index in [4.69, 9.17) is 11.6 Å². The van der Waals surface area contributed by atoms with Crippen molar-refractivity contribution < 1.29 is 5.11 Å². The number of benzene rings is 1. The molecule has 0 atom stereocenters. The van der Waals surface area contributed by atoms with Gasteiger partial charge in [-0.1, -0.05) is 24.4 Å². The van der Waals surface area contributed by atoms with Crippen LogP contribution < -0.4 is 0 Å². The molecule has 1 aromatic carbocycles. The summed E-state index contributed by atoms with van der Waals surface area (Å²) in [6.07, 6.45) is 5.58. The highest BCUT2D eigenvalue weighted by molar-refractivity contribution is 6.30. The Kier molecular flexibility index (Phi) is 4.49. The van der Waals surface area contributed by atoms with Gasteiger partial charge in [-0.25, -0.2) is 0 Å². The first-order valence-corrected chi connectivity index (χ1v) is 8.04. The van der Waals surface area contributed by atoms with Crippen LogP contribution in [0.4, 0.5) is 0 Å². The van der Waals surface area contributed by atoms with Crippen molar-refractivity contribution in [1.29, 1.82) is 0 Å². The molecule has 2 aliphatic rings. The first kappa shape index (κ1) is 14.2. The summed E-state index contributed by atoms with van der Waals surface area (Å²) in [5.74, 6) is 0.354. The first-order chi connectivity index (χ1) is 9.72. The molecule has 1 aromatic rings. The minimum atomic E-state index is 0.354. The normalized spacial score (nSPS) is 22.4. The van der Waals surface area contributed by atoms with Gasteiger partial charge in [0.15, 0.2) is 0 Å². The molecule has 1 heterocycles. The first-order valence-electron chi connectivity index (χ1n) is 7.66. The van der Waals surface area contributed by atoms with Crippen molar-refractivity contribution in [3.63, 3.8) is 0 Å². The lowest BCUT2D eigenvalue weighted by Crippen LogP contribution is -2.49. The summed E-state index contributed by atoms with van der Waals surface area (Å²) < 4.78 is 0. The van der Waals surface area contributed by atoms with Crippen LogP contribution in [0.5, 0.6) is 5.75 Å². The van der Waals surface area contributed by atoms with Crippen molar-refractivity contribution >= 4 is 11.6 Å². The van der Waals surface area contributed by atoms with E-state index in [1.807, 2.05) is 6.07 Å². The van der Waals surface area contributed by atoms with E-state index in [1.54, 1.807) is 12.1 Å². The van der Waals surface area contributed by atoms with E-state index in [9.17, 15) is 5.11 Å². The predicted octanol–water partition coefficient (Wildman–Crippen LogP) is 3.11. The molecular weight excluding hydrogens is 272 g/mol. The molecule has 2 fully saturated rings. The van der Waals surface area contributed by atoms with Gasteiger partial charge in [-0.3, -0.25) is 9.80 Å². The van der Waals surface area contributed by atoms with Crippen LogP contribution in [0.1, 0.15) is 31.2 Å². The lowest BCUT2D eigenvalue weighted by Gasteiger charge is -2.38. The summed E-state index contributed by atoms with van der Waals surface area (Å²) in [5, 5.41) is 10.6. The number of rotatable bonds is 3. The number of piperazine rings is 1. The summed E-state index contributed by atoms with van der Waals surface area (Å²) in [7, 11) is 0. The van der Waals surface area contributed by atoms with Gasteiger partial charge in [0.05, 0.1) is 0 Å². The molecular formula is C16H23ClN2O. The zero-order valence-electron chi connectivity index (χ0n) is 11.9. The minimum Gasteiger partial charge on any atom is -0.508 e. The number of hydrogen-bond donors (Lipinski definition) is 1. The van der Waals surface area contributed by atoms with Crippen LogP contribution in [0.15, 0.2) is 18.2 Å². The molecule has 1 aliphatic carbocycles. The predicted molar refractivity (Wildman–Crippen MR) is 82.2 cm³/mol. The molecule has 1 saturated heterocycles. The van der Waals surface area contributed by atoms with Crippen molar-refractivity contribution in [2.24, 2.45) is 0 Å². The highest BCUT2D eigenvalue weighted by Gasteiger charge is 2.26. The molecule has 1 N–H and O–H groups in total. The molecule has 3 nitrogen and oxygen atoms in total. The molecule has 1 aliphatic heterocycles. The third kappa shape index (κ3) is 3.27. The average Bonchev–Trinajstić information content (AvgIpc) is 2.98. The van der Waals surface area contributed by atoms with Crippen molar-refractivity contribution in [1.82, 2.24) is 9.80 Å². The zero-order valence-corrected chi connectivity index (χ0v) is 12.6. The summed E-state index contributed by atoms with van der Waals surface area (Å²) >= 11 is 6.01. The van der Waals surface area contributed by atoms with Crippen LogP contribution in [-0.4, -0.2) is 47.1 Å². The molecule has 0 spiro atoms. The van der Waals surface area contributed by atoms with E-state index in [0.717, 1.165) is 44.3 Å². The minimum absolute atomic E-state index is 0.354. The third-order valence-electron chi connectivity index (χ3n) is 4.68. The maximum absolute atomic E-state index is 9.89. The summed E-state index contributed by atoms with van der Waals surface area (Å²) in [6.45, 7) is 5.29. The Morgan fingerprint density at radius 2 is 1.80 bits per heavy atom. The molecule has 110 valence electrons. The summed E-state index contributed by atoms with van der Waals surface area (Å²) in [4.78, 5) is 5.07. The summed E-state index contributed by atoms with van der Waals surface area (Å²) in [6, 6.07) is 6.13. The number of phenolic OH excluding ortho intramolecular Hbond substituents is 1. The van der Waals surface area contributed by atoms with Gasteiger partial charge in [-0.05, 0) is 31.0 Å². The fraction of sp³-hybridized carbons (Fsp3) is 0.625. The highest BCUT2D eigenvalue weighted by Crippen LogP contribution is 2.26. The highest BCUT2D eigenvalue weighted by atomic mass is 35.5. The fourth-order valence-corrected chi connectivity index (χ4v) is 3.67. The van der Waals surface area contributed by atoms with Gasteiger partial charge in [0.2, 0.25) is 0 Å². The SMILES string of the molecule is Oc1ccc(Cl)cc1CN1CCN(C2CCCC2)CC1. The molecule has 1 saturated carbocycles. The molecule has 4 heteroatoms. The summed E-state index contributed by atoms with van der Waals surface area (Å²) in [5.41, 5.74) is 0.937. The van der Waals surface area contributed by atoms with E-state index in [2.05, 4.69) is 9.80 Å². The largest absolute Gasteiger partial charge is 0.508 e. The van der Waals surface area contributed by atoms with Crippen LogP contribution in [0, 0.1) is 0 Å². The Labute approximate surface area is 126 Å². The van der Waals surface area contributed by atoms with E-state index >= 15 is 0 Å². The van der Waals surface area contributed by atoms with Gasteiger partial charge in [-0.2, -0.15) is 0 Å². The Morgan fingerprint density at radius 1 is 1.10 bits per heavy atom. The molecule has 20 heavy (non-hydrogen) atoms. The third-order valence-corrected chi connectivity index (χ3v) is 4.92. The van der Waals surface area contributed by atoms with E-state index in [0.29, 0.717) is 10.8 Å². The van der Waals surface area contributed by atoms with E-state index in [-0.39, 0.29) is 0 Å². The molecule has 0 amide bonds. The number of halogens is 1. The van der Waals surface area contributed by atoms with Gasteiger partial charge < -0.3 is 5.11 Å². The number of phenols is 1. The van der Waals surface area contributed by atoms with Gasteiger partial charge in [0.25, 0.3) is 0 Å². The Bertz CT molecular complexity index is 452. The van der Waals surface area contributed by atoms with Crippen LogP contribution >= 0.6 is 11.6 Å².